The molecule has 0 aliphatic heterocycles. The van der Waals surface area contributed by atoms with E-state index >= 15 is 0 Å². The average Bonchev–Trinajstić information content (AvgIpc) is 2.82. The van der Waals surface area contributed by atoms with Crippen LogP contribution < -0.4 is 5.32 Å². The number of esters is 2. The van der Waals surface area contributed by atoms with Gasteiger partial charge in [0.2, 0.25) is 0 Å². The highest BCUT2D eigenvalue weighted by Gasteiger charge is 2.52. The van der Waals surface area contributed by atoms with Gasteiger partial charge in [-0.25, -0.2) is 0 Å². The second kappa shape index (κ2) is 10.1. The van der Waals surface area contributed by atoms with Crippen molar-refractivity contribution in [3.63, 3.8) is 0 Å². The van der Waals surface area contributed by atoms with Crippen molar-refractivity contribution in [1.82, 2.24) is 5.32 Å². The Morgan fingerprint density at radius 2 is 1.38 bits per heavy atom. The second-order valence-corrected chi connectivity index (χ2v) is 7.48. The smallest absolute Gasteiger partial charge is 0.325 e. The van der Waals surface area contributed by atoms with Crippen LogP contribution >= 0.6 is 0 Å². The van der Waals surface area contributed by atoms with Gasteiger partial charge in [-0.1, -0.05) is 60.7 Å². The minimum absolute atomic E-state index is 0.0860. The van der Waals surface area contributed by atoms with Crippen molar-refractivity contribution in [3.05, 3.63) is 83.9 Å². The molecule has 0 aromatic heterocycles. The van der Waals surface area contributed by atoms with Gasteiger partial charge in [0, 0.05) is 5.56 Å². The highest BCUT2D eigenvalue weighted by atomic mass is 16.6. The van der Waals surface area contributed by atoms with Crippen LogP contribution in [0.5, 0.6) is 0 Å². The first-order valence-electron chi connectivity index (χ1n) is 10.6. The molecule has 0 saturated heterocycles. The van der Waals surface area contributed by atoms with Gasteiger partial charge >= 0.3 is 11.9 Å². The molecule has 32 heavy (non-hydrogen) atoms. The van der Waals surface area contributed by atoms with E-state index in [9.17, 15) is 14.4 Å². The van der Waals surface area contributed by atoms with Crippen molar-refractivity contribution in [2.75, 3.05) is 13.2 Å². The number of hydrogen-bond acceptors (Lipinski definition) is 5. The molecule has 0 aliphatic rings. The van der Waals surface area contributed by atoms with Gasteiger partial charge in [-0.15, -0.1) is 0 Å². The van der Waals surface area contributed by atoms with Crippen molar-refractivity contribution in [3.8, 4) is 0 Å². The van der Waals surface area contributed by atoms with Crippen molar-refractivity contribution < 1.29 is 23.9 Å². The second-order valence-electron chi connectivity index (χ2n) is 7.48. The fraction of sp³-hybridized carbons (Fsp3) is 0.269. The summed E-state index contributed by atoms with van der Waals surface area (Å²) in [4.78, 5) is 39.5. The average molecular weight is 434 g/mol. The Kier molecular flexibility index (Phi) is 7.25. The fourth-order valence-electron chi connectivity index (χ4n) is 3.72. The molecule has 3 aromatic carbocycles. The Bertz CT molecular complexity index is 1090. The van der Waals surface area contributed by atoms with Crippen LogP contribution in [0.1, 0.15) is 42.7 Å². The summed E-state index contributed by atoms with van der Waals surface area (Å²) in [5.74, 6) is -1.93. The Morgan fingerprint density at radius 3 is 2.00 bits per heavy atom. The standard InChI is InChI=1S/C26H27NO5/c1-4-31-24(29)26(3,25(30)32-5-2)22(27-23(28)19-13-7-6-8-14-19)21-17-11-15-18-12-9-10-16-20(18)21/h6-17,22H,4-5H2,1-3H3,(H,27,28). The maximum atomic E-state index is 13.2. The Hall–Kier alpha value is -3.67. The molecule has 0 aliphatic carbocycles. The van der Waals surface area contributed by atoms with E-state index in [2.05, 4.69) is 5.32 Å². The number of carbonyl (C=O) groups is 3. The summed E-state index contributed by atoms with van der Waals surface area (Å²) in [5.41, 5.74) is -0.774. The van der Waals surface area contributed by atoms with Gasteiger partial charge in [-0.2, -0.15) is 0 Å². The van der Waals surface area contributed by atoms with Gasteiger partial charge in [-0.05, 0) is 49.2 Å². The predicted molar refractivity (Wildman–Crippen MR) is 122 cm³/mol. The first kappa shape index (κ1) is 23.0. The predicted octanol–water partition coefficient (Wildman–Crippen LogP) is 4.44. The number of ether oxygens (including phenoxy) is 2. The molecule has 6 nitrogen and oxygen atoms in total. The van der Waals surface area contributed by atoms with Gasteiger partial charge in [0.25, 0.3) is 5.91 Å². The molecule has 1 unspecified atom stereocenters. The third kappa shape index (κ3) is 4.49. The quantitative estimate of drug-likeness (QED) is 0.419. The van der Waals surface area contributed by atoms with E-state index in [0.717, 1.165) is 10.8 Å². The number of amides is 1. The number of hydrogen-bond donors (Lipinski definition) is 1. The van der Waals surface area contributed by atoms with E-state index < -0.39 is 29.3 Å². The number of benzene rings is 3. The van der Waals surface area contributed by atoms with Crippen LogP contribution in [0, 0.1) is 5.41 Å². The van der Waals surface area contributed by atoms with Crippen molar-refractivity contribution in [2.24, 2.45) is 5.41 Å². The van der Waals surface area contributed by atoms with Crippen molar-refractivity contribution >= 4 is 28.6 Å². The minimum Gasteiger partial charge on any atom is -0.465 e. The lowest BCUT2D eigenvalue weighted by Gasteiger charge is -2.34. The largest absolute Gasteiger partial charge is 0.465 e. The van der Waals surface area contributed by atoms with E-state index in [1.807, 2.05) is 36.4 Å². The molecule has 3 rings (SSSR count). The molecule has 0 saturated carbocycles. The molecular weight excluding hydrogens is 406 g/mol. The summed E-state index contributed by atoms with van der Waals surface area (Å²) < 4.78 is 10.6. The van der Waals surface area contributed by atoms with Crippen molar-refractivity contribution in [1.29, 1.82) is 0 Å². The van der Waals surface area contributed by atoms with Gasteiger partial charge in [0.05, 0.1) is 19.3 Å². The molecule has 3 aromatic rings. The van der Waals surface area contributed by atoms with E-state index in [1.54, 1.807) is 50.2 Å². The lowest BCUT2D eigenvalue weighted by molar-refractivity contribution is -0.173. The van der Waals surface area contributed by atoms with E-state index in [4.69, 9.17) is 9.47 Å². The normalized spacial score (nSPS) is 12.1. The van der Waals surface area contributed by atoms with E-state index in [-0.39, 0.29) is 13.2 Å². The maximum Gasteiger partial charge on any atom is 0.325 e. The maximum absolute atomic E-state index is 13.2. The van der Waals surface area contributed by atoms with Crippen LogP contribution in [0.2, 0.25) is 0 Å². The topological polar surface area (TPSA) is 81.7 Å². The zero-order chi connectivity index (χ0) is 23.1. The van der Waals surface area contributed by atoms with Gasteiger partial charge in [0.15, 0.2) is 5.41 Å². The van der Waals surface area contributed by atoms with Crippen LogP contribution in [-0.4, -0.2) is 31.1 Å². The Balaban J connectivity index is 2.20. The van der Waals surface area contributed by atoms with Gasteiger partial charge in [-0.3, -0.25) is 14.4 Å². The first-order valence-corrected chi connectivity index (χ1v) is 10.6. The molecule has 0 spiro atoms. The highest BCUT2D eigenvalue weighted by Crippen LogP contribution is 2.40. The van der Waals surface area contributed by atoms with Crippen LogP contribution in [0.4, 0.5) is 0 Å². The molecule has 0 bridgehead atoms. The third-order valence-electron chi connectivity index (χ3n) is 5.42. The Labute approximate surface area is 187 Å². The monoisotopic (exact) mass is 433 g/mol. The molecule has 1 amide bonds. The summed E-state index contributed by atoms with van der Waals surface area (Å²) in [6.45, 7) is 4.96. The molecule has 6 heteroatoms. The van der Waals surface area contributed by atoms with Gasteiger partial charge in [0.1, 0.15) is 0 Å². The molecular formula is C26H27NO5. The highest BCUT2D eigenvalue weighted by molar-refractivity contribution is 6.03. The third-order valence-corrected chi connectivity index (χ3v) is 5.42. The molecule has 1 N–H and O–H groups in total. The van der Waals surface area contributed by atoms with Crippen molar-refractivity contribution in [2.45, 2.75) is 26.8 Å². The SMILES string of the molecule is CCOC(=O)C(C)(C(=O)OCC)C(NC(=O)c1ccccc1)c1cccc2ccccc12. The van der Waals surface area contributed by atoms with Crippen LogP contribution in [0.15, 0.2) is 72.8 Å². The van der Waals surface area contributed by atoms with Crippen LogP contribution in [-0.2, 0) is 19.1 Å². The Morgan fingerprint density at radius 1 is 0.812 bits per heavy atom. The minimum atomic E-state index is -1.80. The van der Waals surface area contributed by atoms with Crippen LogP contribution in [0.3, 0.4) is 0 Å². The summed E-state index contributed by atoms with van der Waals surface area (Å²) in [7, 11) is 0. The molecule has 1 atom stereocenters. The van der Waals surface area contributed by atoms with Crippen LogP contribution in [0.25, 0.3) is 10.8 Å². The zero-order valence-corrected chi connectivity index (χ0v) is 18.5. The van der Waals surface area contributed by atoms with E-state index in [1.165, 1.54) is 6.92 Å². The lowest BCUT2D eigenvalue weighted by Crippen LogP contribution is -2.50. The number of carbonyl (C=O) groups excluding carboxylic acids is 3. The first-order chi connectivity index (χ1) is 15.4. The molecule has 166 valence electrons. The summed E-state index contributed by atoms with van der Waals surface area (Å²) in [6, 6.07) is 20.8. The molecule has 0 radical (unpaired) electrons. The number of fused-ring (bicyclic) bond motifs is 1. The summed E-state index contributed by atoms with van der Waals surface area (Å²) in [6.07, 6.45) is 0. The molecule has 0 heterocycles. The molecule has 0 fully saturated rings. The number of nitrogens with one attached hydrogen (secondary N) is 1. The summed E-state index contributed by atoms with van der Waals surface area (Å²) >= 11 is 0. The van der Waals surface area contributed by atoms with E-state index in [0.29, 0.717) is 11.1 Å². The van der Waals surface area contributed by atoms with Gasteiger partial charge < -0.3 is 14.8 Å². The number of rotatable bonds is 8. The zero-order valence-electron chi connectivity index (χ0n) is 18.5. The fourth-order valence-corrected chi connectivity index (χ4v) is 3.72. The summed E-state index contributed by atoms with van der Waals surface area (Å²) in [5, 5.41) is 4.65. The lowest BCUT2D eigenvalue weighted by atomic mass is 9.77.